The number of carbonyl (C=O) groups excluding carboxylic acids is 1. The van der Waals surface area contributed by atoms with Crippen LogP contribution in [0, 0.1) is 11.3 Å². The Morgan fingerprint density at radius 3 is 2.80 bits per heavy atom. The molecule has 0 radical (unpaired) electrons. The highest BCUT2D eigenvalue weighted by Crippen LogP contribution is 2.13. The van der Waals surface area contributed by atoms with E-state index in [4.69, 9.17) is 11.0 Å². The number of nitrogens with zero attached hydrogens (tertiary/aromatic N) is 1. The third-order valence-corrected chi connectivity index (χ3v) is 1.83. The molecule has 0 saturated heterocycles. The summed E-state index contributed by atoms with van der Waals surface area (Å²) in [6.07, 6.45) is 0. The Balaban J connectivity index is 0.00000196. The second-order valence-corrected chi connectivity index (χ2v) is 2.74. The van der Waals surface area contributed by atoms with Gasteiger partial charge in [-0.05, 0) is 17.7 Å². The van der Waals surface area contributed by atoms with Crippen LogP contribution in [0.2, 0.25) is 0 Å². The van der Waals surface area contributed by atoms with Crippen molar-refractivity contribution in [3.05, 3.63) is 35.4 Å². The van der Waals surface area contributed by atoms with E-state index in [0.717, 1.165) is 0 Å². The quantitative estimate of drug-likeness (QED) is 0.768. The second-order valence-electron chi connectivity index (χ2n) is 2.74. The van der Waals surface area contributed by atoms with Crippen LogP contribution in [0.25, 0.3) is 0 Å². The molecule has 80 valence electrons. The van der Waals surface area contributed by atoms with E-state index in [-0.39, 0.29) is 12.4 Å². The molecule has 1 aromatic carbocycles. The van der Waals surface area contributed by atoms with Crippen LogP contribution in [0.5, 0.6) is 0 Å². The van der Waals surface area contributed by atoms with E-state index in [0.29, 0.717) is 11.1 Å². The molecule has 1 atom stereocenters. The molecule has 0 aromatic heterocycles. The summed E-state index contributed by atoms with van der Waals surface area (Å²) in [5.74, 6) is -0.514. The van der Waals surface area contributed by atoms with Gasteiger partial charge < -0.3 is 10.5 Å². The number of methoxy groups -OCH3 is 1. The number of rotatable bonds is 2. The number of hydrogen-bond donors (Lipinski definition) is 1. The van der Waals surface area contributed by atoms with Crippen molar-refractivity contribution < 1.29 is 9.53 Å². The lowest BCUT2D eigenvalue weighted by Gasteiger charge is -2.08. The normalized spacial score (nSPS) is 10.7. The molecule has 2 N–H and O–H groups in total. The lowest BCUT2D eigenvalue weighted by atomic mass is 10.1. The third kappa shape index (κ3) is 3.24. The van der Waals surface area contributed by atoms with Crippen molar-refractivity contribution in [3.8, 4) is 6.07 Å². The number of benzene rings is 1. The van der Waals surface area contributed by atoms with E-state index in [1.54, 1.807) is 24.3 Å². The molecular formula is C10H11ClN2O2. The average Bonchev–Trinajstić information content (AvgIpc) is 2.27. The molecule has 1 aromatic rings. The van der Waals surface area contributed by atoms with Crippen LogP contribution in [-0.4, -0.2) is 13.1 Å². The monoisotopic (exact) mass is 226 g/mol. The molecule has 0 bridgehead atoms. The van der Waals surface area contributed by atoms with Crippen LogP contribution in [0.4, 0.5) is 0 Å². The highest BCUT2D eigenvalue weighted by Gasteiger charge is 2.15. The van der Waals surface area contributed by atoms with Crippen LogP contribution in [0.3, 0.4) is 0 Å². The average molecular weight is 227 g/mol. The van der Waals surface area contributed by atoms with Gasteiger partial charge in [-0.3, -0.25) is 4.79 Å². The first-order chi connectivity index (χ1) is 6.69. The van der Waals surface area contributed by atoms with Gasteiger partial charge in [0.1, 0.15) is 6.04 Å². The zero-order valence-corrected chi connectivity index (χ0v) is 8.95. The standard InChI is InChI=1S/C10H10N2O2.ClH/c1-14-10(13)9(12)8-4-2-3-7(5-8)6-11;/h2-5,9H,12H2,1H3;1H/t9-;/m0./s1. The molecule has 0 aliphatic carbocycles. The number of esters is 1. The summed E-state index contributed by atoms with van der Waals surface area (Å²) < 4.78 is 4.49. The molecule has 0 unspecified atom stereocenters. The fourth-order valence-corrected chi connectivity index (χ4v) is 1.06. The summed E-state index contributed by atoms with van der Waals surface area (Å²) in [7, 11) is 1.27. The smallest absolute Gasteiger partial charge is 0.327 e. The van der Waals surface area contributed by atoms with E-state index in [1.807, 2.05) is 6.07 Å². The van der Waals surface area contributed by atoms with Crippen molar-refractivity contribution in [2.24, 2.45) is 5.73 Å². The molecule has 0 heterocycles. The molecule has 0 amide bonds. The first-order valence-corrected chi connectivity index (χ1v) is 4.02. The number of carbonyl (C=O) groups is 1. The number of ether oxygens (including phenoxy) is 1. The maximum Gasteiger partial charge on any atom is 0.327 e. The first-order valence-electron chi connectivity index (χ1n) is 4.02. The van der Waals surface area contributed by atoms with E-state index in [2.05, 4.69) is 4.74 Å². The highest BCUT2D eigenvalue weighted by molar-refractivity contribution is 5.85. The molecule has 0 spiro atoms. The molecule has 4 nitrogen and oxygen atoms in total. The summed E-state index contributed by atoms with van der Waals surface area (Å²) in [5, 5.41) is 8.63. The summed E-state index contributed by atoms with van der Waals surface area (Å²) in [6.45, 7) is 0. The molecule has 1 rings (SSSR count). The number of nitrogens with two attached hydrogens (primary N) is 1. The summed E-state index contributed by atoms with van der Waals surface area (Å²) >= 11 is 0. The van der Waals surface area contributed by atoms with Gasteiger partial charge in [0.2, 0.25) is 0 Å². The van der Waals surface area contributed by atoms with Crippen LogP contribution in [0.1, 0.15) is 17.2 Å². The van der Waals surface area contributed by atoms with Crippen LogP contribution in [0.15, 0.2) is 24.3 Å². The summed E-state index contributed by atoms with van der Waals surface area (Å²) in [4.78, 5) is 11.1. The van der Waals surface area contributed by atoms with Crippen LogP contribution >= 0.6 is 12.4 Å². The van der Waals surface area contributed by atoms with Crippen LogP contribution < -0.4 is 5.73 Å². The Hall–Kier alpha value is -1.57. The maximum absolute atomic E-state index is 11.1. The Morgan fingerprint density at radius 1 is 1.60 bits per heavy atom. The van der Waals surface area contributed by atoms with Crippen molar-refractivity contribution >= 4 is 18.4 Å². The zero-order valence-electron chi connectivity index (χ0n) is 8.14. The lowest BCUT2D eigenvalue weighted by molar-refractivity contribution is -0.142. The molecule has 0 fully saturated rings. The van der Waals surface area contributed by atoms with Gasteiger partial charge in [0.05, 0.1) is 18.7 Å². The van der Waals surface area contributed by atoms with Crippen molar-refractivity contribution in [2.75, 3.05) is 7.11 Å². The maximum atomic E-state index is 11.1. The molecule has 0 saturated carbocycles. The minimum absolute atomic E-state index is 0. The van der Waals surface area contributed by atoms with Gasteiger partial charge in [0.15, 0.2) is 0 Å². The molecule has 0 aliphatic rings. The number of nitriles is 1. The Kier molecular flexibility index (Phi) is 5.39. The van der Waals surface area contributed by atoms with Gasteiger partial charge in [-0.15, -0.1) is 12.4 Å². The number of halogens is 1. The fraction of sp³-hybridized carbons (Fsp3) is 0.200. The highest BCUT2D eigenvalue weighted by atomic mass is 35.5. The first kappa shape index (κ1) is 13.4. The molecule has 0 aliphatic heterocycles. The van der Waals surface area contributed by atoms with Crippen LogP contribution in [-0.2, 0) is 9.53 Å². The van der Waals surface area contributed by atoms with Gasteiger partial charge >= 0.3 is 5.97 Å². The predicted octanol–water partition coefficient (Wildman–Crippen LogP) is 1.15. The Labute approximate surface area is 94.1 Å². The zero-order chi connectivity index (χ0) is 10.6. The fourth-order valence-electron chi connectivity index (χ4n) is 1.06. The van der Waals surface area contributed by atoms with Crippen molar-refractivity contribution in [3.63, 3.8) is 0 Å². The van der Waals surface area contributed by atoms with E-state index in [9.17, 15) is 4.79 Å². The topological polar surface area (TPSA) is 76.1 Å². The van der Waals surface area contributed by atoms with Crippen molar-refractivity contribution in [1.82, 2.24) is 0 Å². The van der Waals surface area contributed by atoms with E-state index < -0.39 is 12.0 Å². The number of hydrogen-bond acceptors (Lipinski definition) is 4. The van der Waals surface area contributed by atoms with Gasteiger partial charge in [0, 0.05) is 0 Å². The largest absolute Gasteiger partial charge is 0.468 e. The summed E-state index contributed by atoms with van der Waals surface area (Å²) in [6, 6.07) is 7.72. The lowest BCUT2D eigenvalue weighted by Crippen LogP contribution is -2.22. The van der Waals surface area contributed by atoms with Crippen molar-refractivity contribution in [1.29, 1.82) is 5.26 Å². The van der Waals surface area contributed by atoms with Gasteiger partial charge in [0.25, 0.3) is 0 Å². The minimum Gasteiger partial charge on any atom is -0.468 e. The van der Waals surface area contributed by atoms with Crippen molar-refractivity contribution in [2.45, 2.75) is 6.04 Å². The molecule has 5 heteroatoms. The minimum atomic E-state index is -0.826. The Morgan fingerprint density at radius 2 is 2.27 bits per heavy atom. The third-order valence-electron chi connectivity index (χ3n) is 1.83. The molecule has 15 heavy (non-hydrogen) atoms. The van der Waals surface area contributed by atoms with Gasteiger partial charge in [-0.2, -0.15) is 5.26 Å². The Bertz CT molecular complexity index is 387. The van der Waals surface area contributed by atoms with E-state index in [1.165, 1.54) is 7.11 Å². The molecular weight excluding hydrogens is 216 g/mol. The van der Waals surface area contributed by atoms with Gasteiger partial charge in [-0.1, -0.05) is 12.1 Å². The predicted molar refractivity (Wildman–Crippen MR) is 57.3 cm³/mol. The summed E-state index contributed by atoms with van der Waals surface area (Å²) in [5.41, 5.74) is 6.64. The van der Waals surface area contributed by atoms with E-state index >= 15 is 0 Å². The second kappa shape index (κ2) is 6.02. The SMILES string of the molecule is COC(=O)[C@@H](N)c1cccc(C#N)c1.Cl. The van der Waals surface area contributed by atoms with Gasteiger partial charge in [-0.25, -0.2) is 0 Å².